The van der Waals surface area contributed by atoms with Gasteiger partial charge in [-0.1, -0.05) is 30.4 Å². The molecule has 220 valence electrons. The van der Waals surface area contributed by atoms with Crippen LogP contribution in [0.3, 0.4) is 0 Å². The Balaban J connectivity index is 2.09. The molecule has 0 aromatic heterocycles. The van der Waals surface area contributed by atoms with Crippen LogP contribution in [-0.4, -0.2) is 60.4 Å². The first-order valence-electron chi connectivity index (χ1n) is 12.8. The van der Waals surface area contributed by atoms with E-state index in [9.17, 15) is 19.5 Å². The van der Waals surface area contributed by atoms with Crippen LogP contribution in [0.1, 0.15) is 42.6 Å². The summed E-state index contributed by atoms with van der Waals surface area (Å²) in [5, 5.41) is 11.4. The van der Waals surface area contributed by atoms with Gasteiger partial charge in [-0.15, -0.1) is 0 Å². The second kappa shape index (κ2) is 15.4. The van der Waals surface area contributed by atoms with Crippen LogP contribution in [0.25, 0.3) is 0 Å². The van der Waals surface area contributed by atoms with Gasteiger partial charge in [0.25, 0.3) is 0 Å². The average molecular weight is 571 g/mol. The standard InChI is InChI=1S/C29H34N2O10/c1-19-12-13-21-7-4-11-26-28(21)29(35)40-23(10-5-8-22(30)9-6-16-38-31(36-3)41-26)17-27(34)39-24(14-15-25(19)33)18-37-20(2)32/h4-9,11-12,14-16,23-25,33H,10,13,17-18,30H2,1-3H3. The van der Waals surface area contributed by atoms with Crippen LogP contribution < -0.4 is 10.6 Å². The molecular formula is C29H34N2O10. The maximum Gasteiger partial charge on any atom is 0.342 e. The number of aliphatic hydroxyl groups is 1. The van der Waals surface area contributed by atoms with Crippen molar-refractivity contribution in [1.82, 2.24) is 5.39 Å². The molecule has 2 bridgehead atoms. The maximum absolute atomic E-state index is 13.6. The third-order valence-corrected chi connectivity index (χ3v) is 5.88. The van der Waals surface area contributed by atoms with Crippen molar-refractivity contribution in [1.29, 1.82) is 0 Å². The Hall–Kier alpha value is -4.39. The normalized spacial score (nSPS) is 22.8. The topological polar surface area (TPSA) is 156 Å². The molecule has 2 aliphatic heterocycles. The summed E-state index contributed by atoms with van der Waals surface area (Å²) in [4.78, 5) is 54.1. The summed E-state index contributed by atoms with van der Waals surface area (Å²) in [6, 6.07) is 4.91. The van der Waals surface area contributed by atoms with Gasteiger partial charge in [-0.05, 0) is 54.9 Å². The van der Waals surface area contributed by atoms with Gasteiger partial charge in [-0.3, -0.25) is 9.59 Å². The molecule has 3 N–H and O–H groups in total. The first-order valence-corrected chi connectivity index (χ1v) is 12.8. The fourth-order valence-corrected chi connectivity index (χ4v) is 3.77. The van der Waals surface area contributed by atoms with Crippen LogP contribution >= 0.6 is 0 Å². The Bertz CT molecular complexity index is 1250. The predicted octanol–water partition coefficient (Wildman–Crippen LogP) is 2.90. The summed E-state index contributed by atoms with van der Waals surface area (Å²) in [6.07, 6.45) is 9.24. The van der Waals surface area contributed by atoms with Crippen molar-refractivity contribution in [3.05, 3.63) is 89.4 Å². The van der Waals surface area contributed by atoms with E-state index in [-0.39, 0.29) is 37.2 Å². The Kier molecular flexibility index (Phi) is 11.7. The van der Waals surface area contributed by atoms with E-state index < -0.39 is 36.2 Å². The number of cyclic esters (lactones) is 1. The fourth-order valence-electron chi connectivity index (χ4n) is 3.77. The Morgan fingerprint density at radius 2 is 2.02 bits per heavy atom. The Labute approximate surface area is 237 Å². The van der Waals surface area contributed by atoms with Crippen molar-refractivity contribution in [2.24, 2.45) is 5.73 Å². The summed E-state index contributed by atoms with van der Waals surface area (Å²) < 4.78 is 16.3. The molecule has 0 saturated heterocycles. The average Bonchev–Trinajstić information content (AvgIpc) is 2.93. The number of allylic oxidation sites excluding steroid dienone is 4. The minimum absolute atomic E-state index is 0.0572. The number of carbonyl (C=O) groups excluding carboxylic acids is 3. The number of nitrogens with zero attached hydrogens (tertiary/aromatic N) is 1. The maximum atomic E-state index is 13.6. The van der Waals surface area contributed by atoms with Crippen LogP contribution in [0.4, 0.5) is 0 Å². The molecule has 0 amide bonds. The summed E-state index contributed by atoms with van der Waals surface area (Å²) >= 11 is 0. The predicted molar refractivity (Wildman–Crippen MR) is 145 cm³/mol. The molecule has 1 aromatic carbocycles. The van der Waals surface area contributed by atoms with Gasteiger partial charge in [0.2, 0.25) is 0 Å². The number of nitrogens with two attached hydrogens (primary N) is 1. The van der Waals surface area contributed by atoms with Crippen molar-refractivity contribution >= 4 is 17.9 Å². The number of aliphatic hydroxyl groups excluding tert-OH is 1. The van der Waals surface area contributed by atoms with Gasteiger partial charge < -0.3 is 34.7 Å². The van der Waals surface area contributed by atoms with Gasteiger partial charge in [-0.25, -0.2) is 9.63 Å². The molecule has 12 nitrogen and oxygen atoms in total. The van der Waals surface area contributed by atoms with E-state index in [1.807, 2.05) is 0 Å². The second-order valence-corrected chi connectivity index (χ2v) is 9.07. The monoisotopic (exact) mass is 570 g/mol. The molecule has 0 radical (unpaired) electrons. The van der Waals surface area contributed by atoms with Crippen LogP contribution in [-0.2, 0) is 39.9 Å². The first kappa shape index (κ1) is 31.1. The molecule has 3 unspecified atom stereocenters. The van der Waals surface area contributed by atoms with Crippen LogP contribution in [0.2, 0.25) is 0 Å². The molecular weight excluding hydrogens is 536 g/mol. The molecule has 3 atom stereocenters. The number of fused-ring (bicyclic) bond motifs is 2. The third-order valence-electron chi connectivity index (χ3n) is 5.88. The molecule has 2 aliphatic rings. The fraction of sp³-hybridized carbons (Fsp3) is 0.345. The molecule has 3 rings (SSSR count). The molecule has 41 heavy (non-hydrogen) atoms. The van der Waals surface area contributed by atoms with Gasteiger partial charge in [0.05, 0.1) is 19.6 Å². The number of benzene rings is 1. The number of esters is 3. The number of carbonyl (C=O) groups is 3. The first-order chi connectivity index (χ1) is 19.7. The number of rotatable bonds is 3. The summed E-state index contributed by atoms with van der Waals surface area (Å²) in [7, 11) is 1.30. The van der Waals surface area contributed by atoms with Crippen molar-refractivity contribution in [2.75, 3.05) is 13.7 Å². The molecule has 0 saturated carbocycles. The second-order valence-electron chi connectivity index (χ2n) is 9.07. The summed E-state index contributed by atoms with van der Waals surface area (Å²) in [5.41, 5.74) is 7.47. The quantitative estimate of drug-likeness (QED) is 0.312. The van der Waals surface area contributed by atoms with E-state index in [0.717, 1.165) is 0 Å². The molecule has 0 spiro atoms. The number of hydrogen-bond acceptors (Lipinski definition) is 12. The minimum Gasteiger partial charge on any atom is -0.462 e. The van der Waals surface area contributed by atoms with E-state index in [1.165, 1.54) is 44.6 Å². The zero-order valence-electron chi connectivity index (χ0n) is 23.1. The lowest BCUT2D eigenvalue weighted by Crippen LogP contribution is -2.29. The summed E-state index contributed by atoms with van der Waals surface area (Å²) in [5.74, 6) is -2.00. The number of hydrogen-bond donors (Lipinski definition) is 2. The number of ether oxygens (including phenoxy) is 3. The molecule has 12 heteroatoms. The van der Waals surface area contributed by atoms with Gasteiger partial charge in [-0.2, -0.15) is 0 Å². The van der Waals surface area contributed by atoms with E-state index in [1.54, 1.807) is 43.4 Å². The molecule has 1 aromatic rings. The van der Waals surface area contributed by atoms with Crippen molar-refractivity contribution in [2.45, 2.75) is 51.4 Å². The molecule has 0 aliphatic carbocycles. The van der Waals surface area contributed by atoms with E-state index in [4.69, 9.17) is 34.5 Å². The van der Waals surface area contributed by atoms with E-state index >= 15 is 0 Å². The molecule has 2 heterocycles. The Morgan fingerprint density at radius 3 is 2.78 bits per heavy atom. The van der Waals surface area contributed by atoms with E-state index in [0.29, 0.717) is 22.2 Å². The third kappa shape index (κ3) is 9.94. The van der Waals surface area contributed by atoms with Gasteiger partial charge in [0, 0.05) is 19.0 Å². The van der Waals surface area contributed by atoms with Gasteiger partial charge >= 0.3 is 17.9 Å². The lowest BCUT2D eigenvalue weighted by atomic mass is 10.0. The van der Waals surface area contributed by atoms with E-state index in [2.05, 4.69) is 0 Å². The smallest absolute Gasteiger partial charge is 0.342 e. The lowest BCUT2D eigenvalue weighted by molar-refractivity contribution is -0.462. The zero-order valence-corrected chi connectivity index (χ0v) is 23.1. The highest BCUT2D eigenvalue weighted by molar-refractivity contribution is 5.94. The van der Waals surface area contributed by atoms with Gasteiger partial charge in [0.1, 0.15) is 24.5 Å². The minimum atomic E-state index is -1.04. The largest absolute Gasteiger partial charge is 0.462 e. The zero-order chi connectivity index (χ0) is 29.8. The lowest BCUT2D eigenvalue weighted by Gasteiger charge is -2.21. The highest BCUT2D eigenvalue weighted by atomic mass is 17.2. The van der Waals surface area contributed by atoms with Crippen LogP contribution in [0.5, 0.6) is 5.75 Å². The summed E-state index contributed by atoms with van der Waals surface area (Å²) in [6.45, 7) is 2.68. The van der Waals surface area contributed by atoms with Crippen LogP contribution in [0.15, 0.2) is 78.3 Å². The van der Waals surface area contributed by atoms with Gasteiger partial charge in [0.15, 0.2) is 17.2 Å². The van der Waals surface area contributed by atoms with Crippen molar-refractivity contribution in [3.63, 3.8) is 0 Å². The van der Waals surface area contributed by atoms with Crippen molar-refractivity contribution in [3.8, 4) is 5.75 Å². The highest BCUT2D eigenvalue weighted by Gasteiger charge is 2.27. The SMILES string of the molecule is CON1OC=CC=C(N)C=CCC2CC(=O)OC(COC(C)=O)C=CC(O)C(C)=CCc3cccc(c3C(=O)O2)O1. The molecule has 0 fully saturated rings. The van der Waals surface area contributed by atoms with Crippen LogP contribution in [0, 0.1) is 0 Å². The van der Waals surface area contributed by atoms with Crippen molar-refractivity contribution < 1.29 is 48.2 Å². The highest BCUT2D eigenvalue weighted by Crippen LogP contribution is 2.27. The Morgan fingerprint density at radius 1 is 1.22 bits per heavy atom.